The molecule has 0 aromatic carbocycles. The lowest BCUT2D eigenvalue weighted by atomic mass is 10.1. The second-order valence-electron chi connectivity index (χ2n) is 3.31. The molecule has 4 heteroatoms. The summed E-state index contributed by atoms with van der Waals surface area (Å²) in [5, 5.41) is 2.80. The summed E-state index contributed by atoms with van der Waals surface area (Å²) in [6.45, 7) is 5.12. The van der Waals surface area contributed by atoms with Crippen molar-refractivity contribution in [2.45, 2.75) is 26.4 Å². The number of ether oxygens (including phenoxy) is 1. The van der Waals surface area contributed by atoms with Crippen molar-refractivity contribution >= 4 is 5.91 Å². The number of carbonyl (C=O) groups is 1. The molecule has 0 aliphatic rings. The lowest BCUT2D eigenvalue weighted by Crippen LogP contribution is -2.36. The van der Waals surface area contributed by atoms with Crippen LogP contribution in [0.2, 0.25) is 0 Å². The van der Waals surface area contributed by atoms with Crippen LogP contribution in [0.5, 0.6) is 0 Å². The maximum Gasteiger partial charge on any atom is 0.248 e. The zero-order chi connectivity index (χ0) is 10.3. The summed E-state index contributed by atoms with van der Waals surface area (Å²) in [4.78, 5) is 11.2. The molecular weight excluding hydrogens is 168 g/mol. The standard InChI is InChI=1S/C9H20N2O2/c1-7(4-5-10)6-11-9(12)8(2)13-3/h7-8H,4-6,10H2,1-3H3,(H,11,12). The van der Waals surface area contributed by atoms with E-state index in [1.54, 1.807) is 6.92 Å². The Labute approximate surface area is 79.8 Å². The molecule has 0 aromatic heterocycles. The third-order valence-electron chi connectivity index (χ3n) is 2.01. The average molecular weight is 188 g/mol. The van der Waals surface area contributed by atoms with Crippen molar-refractivity contribution < 1.29 is 9.53 Å². The Morgan fingerprint density at radius 1 is 1.54 bits per heavy atom. The molecule has 3 N–H and O–H groups in total. The first-order chi connectivity index (χ1) is 6.11. The molecule has 2 unspecified atom stereocenters. The Morgan fingerprint density at radius 3 is 2.62 bits per heavy atom. The number of nitrogens with two attached hydrogens (primary N) is 1. The SMILES string of the molecule is COC(C)C(=O)NCC(C)CCN. The predicted octanol–water partition coefficient (Wildman–Crippen LogP) is 0.122. The van der Waals surface area contributed by atoms with Gasteiger partial charge in [-0.1, -0.05) is 6.92 Å². The van der Waals surface area contributed by atoms with Crippen LogP contribution in [0.1, 0.15) is 20.3 Å². The van der Waals surface area contributed by atoms with Gasteiger partial charge in [-0.15, -0.1) is 0 Å². The number of hydrogen-bond donors (Lipinski definition) is 2. The minimum atomic E-state index is -0.370. The van der Waals surface area contributed by atoms with Crippen LogP contribution in [0.4, 0.5) is 0 Å². The zero-order valence-electron chi connectivity index (χ0n) is 8.67. The van der Waals surface area contributed by atoms with Gasteiger partial charge in [0.1, 0.15) is 6.10 Å². The van der Waals surface area contributed by atoms with Crippen LogP contribution in [0, 0.1) is 5.92 Å². The van der Waals surface area contributed by atoms with Gasteiger partial charge in [0.2, 0.25) is 5.91 Å². The summed E-state index contributed by atoms with van der Waals surface area (Å²) >= 11 is 0. The highest BCUT2D eigenvalue weighted by atomic mass is 16.5. The van der Waals surface area contributed by atoms with Crippen LogP contribution in [-0.4, -0.2) is 32.2 Å². The Morgan fingerprint density at radius 2 is 2.15 bits per heavy atom. The molecule has 13 heavy (non-hydrogen) atoms. The van der Waals surface area contributed by atoms with E-state index < -0.39 is 0 Å². The number of methoxy groups -OCH3 is 1. The zero-order valence-corrected chi connectivity index (χ0v) is 8.67. The molecule has 4 nitrogen and oxygen atoms in total. The Bertz CT molecular complexity index is 151. The topological polar surface area (TPSA) is 64.3 Å². The second kappa shape index (κ2) is 6.86. The van der Waals surface area contributed by atoms with Crippen LogP contribution in [-0.2, 0) is 9.53 Å². The fourth-order valence-electron chi connectivity index (χ4n) is 0.912. The number of carbonyl (C=O) groups excluding carboxylic acids is 1. The number of hydrogen-bond acceptors (Lipinski definition) is 3. The van der Waals surface area contributed by atoms with Crippen molar-refractivity contribution in [2.75, 3.05) is 20.2 Å². The van der Waals surface area contributed by atoms with Crippen molar-refractivity contribution in [2.24, 2.45) is 11.7 Å². The van der Waals surface area contributed by atoms with Crippen molar-refractivity contribution in [1.82, 2.24) is 5.32 Å². The molecule has 0 rings (SSSR count). The molecule has 0 spiro atoms. The molecule has 0 saturated carbocycles. The fraction of sp³-hybridized carbons (Fsp3) is 0.889. The van der Waals surface area contributed by atoms with Crippen LogP contribution >= 0.6 is 0 Å². The van der Waals surface area contributed by atoms with Gasteiger partial charge in [0.15, 0.2) is 0 Å². The summed E-state index contributed by atoms with van der Waals surface area (Å²) in [5.74, 6) is 0.365. The van der Waals surface area contributed by atoms with Gasteiger partial charge >= 0.3 is 0 Å². The quantitative estimate of drug-likeness (QED) is 0.622. The largest absolute Gasteiger partial charge is 0.372 e. The van der Waals surface area contributed by atoms with Gasteiger partial charge in [0.05, 0.1) is 0 Å². The Balaban J connectivity index is 3.57. The first-order valence-corrected chi connectivity index (χ1v) is 4.62. The average Bonchev–Trinajstić information content (AvgIpc) is 2.13. The normalized spacial score (nSPS) is 15.1. The smallest absolute Gasteiger partial charge is 0.248 e. The molecule has 0 heterocycles. The molecular formula is C9H20N2O2. The van der Waals surface area contributed by atoms with Crippen LogP contribution < -0.4 is 11.1 Å². The third kappa shape index (κ3) is 5.60. The summed E-state index contributed by atoms with van der Waals surface area (Å²) < 4.78 is 4.87. The van der Waals surface area contributed by atoms with Crippen molar-refractivity contribution in [1.29, 1.82) is 0 Å². The van der Waals surface area contributed by atoms with Gasteiger partial charge < -0.3 is 15.8 Å². The summed E-state index contributed by atoms with van der Waals surface area (Å²) in [5.41, 5.74) is 5.38. The number of rotatable bonds is 6. The maximum absolute atomic E-state index is 11.2. The molecule has 0 radical (unpaired) electrons. The Kier molecular flexibility index (Phi) is 6.54. The van der Waals surface area contributed by atoms with E-state index in [0.717, 1.165) is 6.42 Å². The van der Waals surface area contributed by atoms with E-state index in [0.29, 0.717) is 19.0 Å². The van der Waals surface area contributed by atoms with Crippen LogP contribution in [0.25, 0.3) is 0 Å². The van der Waals surface area contributed by atoms with Crippen LogP contribution in [0.15, 0.2) is 0 Å². The molecule has 0 bridgehead atoms. The third-order valence-corrected chi connectivity index (χ3v) is 2.01. The van der Waals surface area contributed by atoms with Gasteiger partial charge in [0.25, 0.3) is 0 Å². The minimum absolute atomic E-state index is 0.0635. The predicted molar refractivity (Wildman–Crippen MR) is 52.3 cm³/mol. The van der Waals surface area contributed by atoms with E-state index in [2.05, 4.69) is 12.2 Å². The summed E-state index contributed by atoms with van der Waals surface area (Å²) in [6, 6.07) is 0. The van der Waals surface area contributed by atoms with Crippen molar-refractivity contribution in [3.8, 4) is 0 Å². The number of amides is 1. The fourth-order valence-corrected chi connectivity index (χ4v) is 0.912. The first kappa shape index (κ1) is 12.4. The maximum atomic E-state index is 11.2. The summed E-state index contributed by atoms with van der Waals surface area (Å²) in [6.07, 6.45) is 0.562. The highest BCUT2D eigenvalue weighted by Crippen LogP contribution is 1.97. The number of nitrogens with one attached hydrogen (secondary N) is 1. The Hall–Kier alpha value is -0.610. The van der Waals surface area contributed by atoms with Crippen LogP contribution in [0.3, 0.4) is 0 Å². The molecule has 2 atom stereocenters. The molecule has 1 amide bonds. The highest BCUT2D eigenvalue weighted by molar-refractivity contribution is 5.80. The van der Waals surface area contributed by atoms with E-state index in [-0.39, 0.29) is 12.0 Å². The molecule has 0 aliphatic carbocycles. The minimum Gasteiger partial charge on any atom is -0.372 e. The molecule has 0 aliphatic heterocycles. The summed E-state index contributed by atoms with van der Waals surface area (Å²) in [7, 11) is 1.52. The van der Waals surface area contributed by atoms with E-state index in [4.69, 9.17) is 10.5 Å². The van der Waals surface area contributed by atoms with Crippen molar-refractivity contribution in [3.63, 3.8) is 0 Å². The monoisotopic (exact) mass is 188 g/mol. The molecule has 0 fully saturated rings. The van der Waals surface area contributed by atoms with E-state index >= 15 is 0 Å². The van der Waals surface area contributed by atoms with Gasteiger partial charge in [0, 0.05) is 13.7 Å². The van der Waals surface area contributed by atoms with Gasteiger partial charge in [-0.2, -0.15) is 0 Å². The molecule has 78 valence electrons. The van der Waals surface area contributed by atoms with E-state index in [1.165, 1.54) is 7.11 Å². The van der Waals surface area contributed by atoms with Gasteiger partial charge in [-0.05, 0) is 25.8 Å². The lowest BCUT2D eigenvalue weighted by Gasteiger charge is -2.14. The van der Waals surface area contributed by atoms with Crippen molar-refractivity contribution in [3.05, 3.63) is 0 Å². The van der Waals surface area contributed by atoms with Gasteiger partial charge in [-0.3, -0.25) is 4.79 Å². The molecule has 0 aromatic rings. The van der Waals surface area contributed by atoms with Gasteiger partial charge in [-0.25, -0.2) is 0 Å². The lowest BCUT2D eigenvalue weighted by molar-refractivity contribution is -0.130. The second-order valence-corrected chi connectivity index (χ2v) is 3.31. The highest BCUT2D eigenvalue weighted by Gasteiger charge is 2.11. The van der Waals surface area contributed by atoms with E-state index in [9.17, 15) is 4.79 Å². The van der Waals surface area contributed by atoms with E-state index in [1.807, 2.05) is 0 Å². The first-order valence-electron chi connectivity index (χ1n) is 4.62. The molecule has 0 saturated heterocycles.